The molecule has 2 fully saturated rings. The normalized spacial score (nSPS) is 21.6. The van der Waals surface area contributed by atoms with Crippen LogP contribution >= 0.6 is 0 Å². The van der Waals surface area contributed by atoms with Crippen LogP contribution in [0.4, 0.5) is 4.39 Å². The molecule has 2 aliphatic heterocycles. The van der Waals surface area contributed by atoms with Crippen molar-refractivity contribution in [2.45, 2.75) is 44.2 Å². The summed E-state index contributed by atoms with van der Waals surface area (Å²) in [4.78, 5) is 16.2. The van der Waals surface area contributed by atoms with Crippen molar-refractivity contribution in [3.63, 3.8) is 0 Å². The third kappa shape index (κ3) is 8.18. The molecule has 2 aromatic rings. The number of β-amino-alcohol motifs (C(OH)–C–C–N with tert-alkyl or cyclic N) is 1. The van der Waals surface area contributed by atoms with Gasteiger partial charge in [0.05, 0.1) is 19.8 Å². The SMILES string of the molecule is O=C1CCCCCN1CCCOc1cccc(CN2CCOC[C@@](O)(COc3cccc(F)c3)C2)c1. The van der Waals surface area contributed by atoms with Gasteiger partial charge in [-0.2, -0.15) is 0 Å². The summed E-state index contributed by atoms with van der Waals surface area (Å²) in [5.41, 5.74) is -0.132. The van der Waals surface area contributed by atoms with Crippen LogP contribution in [0.3, 0.4) is 0 Å². The number of aliphatic hydroxyl groups is 1. The van der Waals surface area contributed by atoms with Crippen LogP contribution < -0.4 is 9.47 Å². The van der Waals surface area contributed by atoms with Crippen molar-refractivity contribution in [3.05, 3.63) is 59.9 Å². The number of ether oxygens (including phenoxy) is 3. The molecule has 1 N–H and O–H groups in total. The van der Waals surface area contributed by atoms with E-state index in [4.69, 9.17) is 14.2 Å². The number of halogens is 1. The Morgan fingerprint density at radius 1 is 1.03 bits per heavy atom. The maximum Gasteiger partial charge on any atom is 0.222 e. The number of hydrogen-bond acceptors (Lipinski definition) is 6. The molecule has 2 saturated heterocycles. The van der Waals surface area contributed by atoms with Gasteiger partial charge in [0.2, 0.25) is 5.91 Å². The topological polar surface area (TPSA) is 71.5 Å². The Bertz CT molecular complexity index is 990. The monoisotopic (exact) mass is 500 g/mol. The van der Waals surface area contributed by atoms with Crippen LogP contribution in [0.25, 0.3) is 0 Å². The fraction of sp³-hybridized carbons (Fsp3) is 0.536. The molecule has 2 aliphatic rings. The molecule has 1 atom stereocenters. The second-order valence-corrected chi connectivity index (χ2v) is 9.77. The zero-order valence-electron chi connectivity index (χ0n) is 20.9. The summed E-state index contributed by atoms with van der Waals surface area (Å²) in [6, 6.07) is 13.9. The first-order valence-electron chi connectivity index (χ1n) is 12.9. The maximum absolute atomic E-state index is 13.4. The van der Waals surface area contributed by atoms with Crippen molar-refractivity contribution in [3.8, 4) is 11.5 Å². The number of nitrogens with zero attached hydrogens (tertiary/aromatic N) is 2. The van der Waals surface area contributed by atoms with Gasteiger partial charge < -0.3 is 24.2 Å². The van der Waals surface area contributed by atoms with Crippen molar-refractivity contribution >= 4 is 5.91 Å². The van der Waals surface area contributed by atoms with Crippen molar-refractivity contribution in [1.82, 2.24) is 9.80 Å². The van der Waals surface area contributed by atoms with Gasteiger partial charge in [0.15, 0.2) is 0 Å². The minimum Gasteiger partial charge on any atom is -0.494 e. The number of hydrogen-bond donors (Lipinski definition) is 1. The average molecular weight is 501 g/mol. The minimum atomic E-state index is -1.21. The highest BCUT2D eigenvalue weighted by Crippen LogP contribution is 2.21. The predicted molar refractivity (Wildman–Crippen MR) is 135 cm³/mol. The molecule has 0 saturated carbocycles. The van der Waals surface area contributed by atoms with Gasteiger partial charge in [-0.15, -0.1) is 0 Å². The second-order valence-electron chi connectivity index (χ2n) is 9.77. The first-order valence-corrected chi connectivity index (χ1v) is 12.9. The molecule has 0 bridgehead atoms. The van der Waals surface area contributed by atoms with E-state index < -0.39 is 5.60 Å². The van der Waals surface area contributed by atoms with E-state index in [2.05, 4.69) is 4.90 Å². The fourth-order valence-electron chi connectivity index (χ4n) is 4.71. The van der Waals surface area contributed by atoms with E-state index in [0.29, 0.717) is 45.0 Å². The summed E-state index contributed by atoms with van der Waals surface area (Å²) in [5, 5.41) is 11.1. The summed E-state index contributed by atoms with van der Waals surface area (Å²) >= 11 is 0. The van der Waals surface area contributed by atoms with Crippen LogP contribution in [-0.2, 0) is 16.1 Å². The molecule has 0 aliphatic carbocycles. The highest BCUT2D eigenvalue weighted by Gasteiger charge is 2.33. The van der Waals surface area contributed by atoms with Crippen LogP contribution in [0.1, 0.15) is 37.7 Å². The average Bonchev–Trinajstić information content (AvgIpc) is 3.18. The van der Waals surface area contributed by atoms with Gasteiger partial charge in [0.25, 0.3) is 0 Å². The van der Waals surface area contributed by atoms with Gasteiger partial charge in [-0.05, 0) is 49.1 Å². The Morgan fingerprint density at radius 3 is 2.72 bits per heavy atom. The molecule has 0 unspecified atom stereocenters. The number of carbonyl (C=O) groups excluding carboxylic acids is 1. The van der Waals surface area contributed by atoms with Gasteiger partial charge in [-0.3, -0.25) is 9.69 Å². The van der Waals surface area contributed by atoms with Gasteiger partial charge in [0, 0.05) is 45.2 Å². The Morgan fingerprint density at radius 2 is 1.86 bits per heavy atom. The summed E-state index contributed by atoms with van der Waals surface area (Å²) in [7, 11) is 0. The smallest absolute Gasteiger partial charge is 0.222 e. The molecule has 2 aromatic carbocycles. The van der Waals surface area contributed by atoms with Gasteiger partial charge in [-0.25, -0.2) is 4.39 Å². The largest absolute Gasteiger partial charge is 0.494 e. The van der Waals surface area contributed by atoms with Gasteiger partial charge >= 0.3 is 0 Å². The molecule has 0 radical (unpaired) electrons. The van der Waals surface area contributed by atoms with Crippen molar-refractivity contribution in [2.24, 2.45) is 0 Å². The zero-order valence-corrected chi connectivity index (χ0v) is 20.9. The Balaban J connectivity index is 1.26. The Hall–Kier alpha value is -2.68. The molecule has 8 heteroatoms. The van der Waals surface area contributed by atoms with E-state index in [1.807, 2.05) is 29.2 Å². The molecule has 36 heavy (non-hydrogen) atoms. The molecule has 2 heterocycles. The van der Waals surface area contributed by atoms with Gasteiger partial charge in [0.1, 0.15) is 29.5 Å². The highest BCUT2D eigenvalue weighted by atomic mass is 19.1. The van der Waals surface area contributed by atoms with E-state index in [0.717, 1.165) is 50.1 Å². The summed E-state index contributed by atoms with van der Waals surface area (Å²) in [6.07, 6.45) is 4.68. The van der Waals surface area contributed by atoms with E-state index >= 15 is 0 Å². The molecule has 4 rings (SSSR count). The van der Waals surface area contributed by atoms with Crippen LogP contribution in [0.15, 0.2) is 48.5 Å². The first kappa shape index (κ1) is 26.4. The zero-order chi connectivity index (χ0) is 25.2. The fourth-order valence-corrected chi connectivity index (χ4v) is 4.71. The quantitative estimate of drug-likeness (QED) is 0.503. The lowest BCUT2D eigenvalue weighted by molar-refractivity contribution is -0.130. The first-order chi connectivity index (χ1) is 17.5. The molecule has 1 amide bonds. The van der Waals surface area contributed by atoms with Crippen molar-refractivity contribution < 1.29 is 28.5 Å². The second kappa shape index (κ2) is 13.0. The standard InChI is InChI=1S/C28H37FN2O5/c29-24-8-5-10-26(18-24)36-22-28(33)20-30(14-16-34-21-28)19-23-7-4-9-25(17-23)35-15-6-13-31-12-3-1-2-11-27(31)32/h4-5,7-10,17-18,33H,1-3,6,11-16,19-22H2/t28-/m1/s1. The third-order valence-corrected chi connectivity index (χ3v) is 6.56. The number of amides is 1. The maximum atomic E-state index is 13.4. The Labute approximate surface area is 212 Å². The van der Waals surface area contributed by atoms with E-state index in [-0.39, 0.29) is 24.9 Å². The van der Waals surface area contributed by atoms with Crippen LogP contribution in [0.2, 0.25) is 0 Å². The number of carbonyl (C=O) groups is 1. The Kier molecular flexibility index (Phi) is 9.55. The van der Waals surface area contributed by atoms with E-state index in [9.17, 15) is 14.3 Å². The van der Waals surface area contributed by atoms with Crippen LogP contribution in [0.5, 0.6) is 11.5 Å². The van der Waals surface area contributed by atoms with Crippen LogP contribution in [-0.4, -0.2) is 79.0 Å². The molecule has 196 valence electrons. The molecule has 0 aromatic heterocycles. The molecular weight excluding hydrogens is 463 g/mol. The number of benzene rings is 2. The summed E-state index contributed by atoms with van der Waals surface area (Å²) < 4.78 is 30.7. The van der Waals surface area contributed by atoms with Crippen molar-refractivity contribution in [1.29, 1.82) is 0 Å². The lowest BCUT2D eigenvalue weighted by Crippen LogP contribution is -2.48. The number of rotatable bonds is 10. The van der Waals surface area contributed by atoms with Gasteiger partial charge in [-0.1, -0.05) is 24.6 Å². The summed E-state index contributed by atoms with van der Waals surface area (Å²) in [5.74, 6) is 1.06. The van der Waals surface area contributed by atoms with E-state index in [1.165, 1.54) is 12.1 Å². The number of likely N-dealkylation sites (tertiary alicyclic amines) is 1. The van der Waals surface area contributed by atoms with Crippen LogP contribution in [0, 0.1) is 5.82 Å². The minimum absolute atomic E-state index is 0.00955. The highest BCUT2D eigenvalue weighted by molar-refractivity contribution is 5.76. The van der Waals surface area contributed by atoms with Crippen molar-refractivity contribution in [2.75, 3.05) is 52.6 Å². The summed E-state index contributed by atoms with van der Waals surface area (Å²) in [6.45, 7) is 4.50. The molecule has 7 nitrogen and oxygen atoms in total. The molecule has 0 spiro atoms. The van der Waals surface area contributed by atoms with E-state index in [1.54, 1.807) is 12.1 Å². The third-order valence-electron chi connectivity index (χ3n) is 6.56. The lowest BCUT2D eigenvalue weighted by Gasteiger charge is -2.30. The predicted octanol–water partition coefficient (Wildman–Crippen LogP) is 3.64. The lowest BCUT2D eigenvalue weighted by atomic mass is 10.1. The molecular formula is C28H37FN2O5.